The molecule has 0 atom stereocenters. The van der Waals surface area contributed by atoms with Crippen molar-refractivity contribution in [3.8, 4) is 0 Å². The monoisotopic (exact) mass is 318 g/mol. The molecule has 0 aliphatic carbocycles. The van der Waals surface area contributed by atoms with Crippen molar-refractivity contribution in [2.75, 3.05) is 6.61 Å². The molecule has 0 bridgehead atoms. The maximum absolute atomic E-state index is 11.6. The molecule has 0 saturated heterocycles. The number of benzene rings is 1. The van der Waals surface area contributed by atoms with Crippen LogP contribution in [0.5, 0.6) is 0 Å². The molecule has 0 radical (unpaired) electrons. The van der Waals surface area contributed by atoms with Gasteiger partial charge in [0.05, 0.1) is 11.6 Å². The second-order valence-corrected chi connectivity index (χ2v) is 5.45. The van der Waals surface area contributed by atoms with E-state index in [0.717, 1.165) is 14.6 Å². The van der Waals surface area contributed by atoms with Crippen LogP contribution in [0.15, 0.2) is 22.7 Å². The molecule has 1 aromatic carbocycles. The Morgan fingerprint density at radius 1 is 1.56 bits per heavy atom. The van der Waals surface area contributed by atoms with Crippen LogP contribution in [0.25, 0.3) is 10.1 Å². The van der Waals surface area contributed by atoms with Gasteiger partial charge in [0, 0.05) is 14.6 Å². The third kappa shape index (κ3) is 2.10. The van der Waals surface area contributed by atoms with Crippen molar-refractivity contribution < 1.29 is 9.53 Å². The topological polar surface area (TPSA) is 26.3 Å². The van der Waals surface area contributed by atoms with Crippen molar-refractivity contribution in [3.05, 3.63) is 32.6 Å². The summed E-state index contributed by atoms with van der Waals surface area (Å²) in [4.78, 5) is 12.1. The number of carbonyl (C=O) groups is 1. The lowest BCUT2D eigenvalue weighted by Gasteiger charge is -1.97. The van der Waals surface area contributed by atoms with Gasteiger partial charge in [0.25, 0.3) is 0 Å². The van der Waals surface area contributed by atoms with Crippen molar-refractivity contribution in [1.82, 2.24) is 0 Å². The summed E-state index contributed by atoms with van der Waals surface area (Å²) in [6.07, 6.45) is 0. The number of fused-ring (bicyclic) bond motifs is 1. The molecule has 2 rings (SSSR count). The number of esters is 1. The number of rotatable bonds is 2. The number of hydrogen-bond donors (Lipinski definition) is 0. The van der Waals surface area contributed by atoms with Gasteiger partial charge in [-0.05, 0) is 19.1 Å². The van der Waals surface area contributed by atoms with Gasteiger partial charge in [-0.2, -0.15) is 0 Å². The lowest BCUT2D eigenvalue weighted by Crippen LogP contribution is -2.02. The molecule has 16 heavy (non-hydrogen) atoms. The molecule has 0 saturated carbocycles. The largest absolute Gasteiger partial charge is 0.462 e. The number of carbonyl (C=O) groups excluding carboxylic acids is 1. The highest BCUT2D eigenvalue weighted by Crippen LogP contribution is 2.37. The Morgan fingerprint density at radius 2 is 2.31 bits per heavy atom. The summed E-state index contributed by atoms with van der Waals surface area (Å²) < 4.78 is 6.88. The first-order valence-corrected chi connectivity index (χ1v) is 6.67. The molecule has 84 valence electrons. The summed E-state index contributed by atoms with van der Waals surface area (Å²) in [6, 6.07) is 5.73. The average Bonchev–Trinajstić information content (AvgIpc) is 2.56. The van der Waals surface area contributed by atoms with E-state index in [4.69, 9.17) is 16.3 Å². The molecule has 0 N–H and O–H groups in total. The van der Waals surface area contributed by atoms with Gasteiger partial charge in [0.1, 0.15) is 4.88 Å². The van der Waals surface area contributed by atoms with Gasteiger partial charge in [-0.15, -0.1) is 11.3 Å². The summed E-state index contributed by atoms with van der Waals surface area (Å²) in [5.74, 6) is -0.357. The van der Waals surface area contributed by atoms with E-state index in [2.05, 4.69) is 15.9 Å². The third-order valence-electron chi connectivity index (χ3n) is 2.05. The first-order chi connectivity index (χ1) is 7.63. The van der Waals surface area contributed by atoms with Crippen molar-refractivity contribution in [2.45, 2.75) is 6.92 Å². The number of ether oxygens (including phenoxy) is 1. The number of hydrogen-bond acceptors (Lipinski definition) is 3. The summed E-state index contributed by atoms with van der Waals surface area (Å²) in [6.45, 7) is 2.13. The molecular formula is C11H8BrClO2S. The fourth-order valence-corrected chi connectivity index (χ4v) is 3.32. The number of thiophene rings is 1. The van der Waals surface area contributed by atoms with E-state index in [9.17, 15) is 4.79 Å². The van der Waals surface area contributed by atoms with E-state index in [1.54, 1.807) is 6.92 Å². The molecule has 0 amide bonds. The van der Waals surface area contributed by atoms with Crippen LogP contribution in [0, 0.1) is 0 Å². The molecule has 0 fully saturated rings. The zero-order chi connectivity index (χ0) is 11.7. The summed E-state index contributed by atoms with van der Waals surface area (Å²) in [5.41, 5.74) is 0. The highest BCUT2D eigenvalue weighted by atomic mass is 79.9. The van der Waals surface area contributed by atoms with E-state index >= 15 is 0 Å². The zero-order valence-electron chi connectivity index (χ0n) is 8.42. The van der Waals surface area contributed by atoms with Gasteiger partial charge in [-0.1, -0.05) is 33.6 Å². The molecule has 2 nitrogen and oxygen atoms in total. The highest BCUT2D eigenvalue weighted by Gasteiger charge is 2.17. The molecule has 1 aromatic heterocycles. The van der Waals surface area contributed by atoms with Gasteiger partial charge < -0.3 is 4.74 Å². The van der Waals surface area contributed by atoms with Gasteiger partial charge in [-0.3, -0.25) is 0 Å². The summed E-state index contributed by atoms with van der Waals surface area (Å²) >= 11 is 10.9. The maximum Gasteiger partial charge on any atom is 0.349 e. The van der Waals surface area contributed by atoms with E-state index in [1.807, 2.05) is 18.2 Å². The number of halogens is 2. The van der Waals surface area contributed by atoms with Crippen molar-refractivity contribution >= 4 is 54.9 Å². The molecule has 0 spiro atoms. The zero-order valence-corrected chi connectivity index (χ0v) is 11.6. The Hall–Kier alpha value is -0.580. The molecule has 2 aromatic rings. The first kappa shape index (κ1) is 11.9. The van der Waals surface area contributed by atoms with Gasteiger partial charge >= 0.3 is 5.97 Å². The van der Waals surface area contributed by atoms with Crippen LogP contribution >= 0.6 is 38.9 Å². The average molecular weight is 320 g/mol. The quantitative estimate of drug-likeness (QED) is 0.762. The first-order valence-electron chi connectivity index (χ1n) is 4.68. The van der Waals surface area contributed by atoms with Crippen LogP contribution < -0.4 is 0 Å². The molecule has 0 unspecified atom stereocenters. The van der Waals surface area contributed by atoms with Gasteiger partial charge in [0.15, 0.2) is 0 Å². The molecule has 0 aliphatic heterocycles. The van der Waals surface area contributed by atoms with Crippen LogP contribution in [0.3, 0.4) is 0 Å². The molecule has 0 aliphatic rings. The predicted molar refractivity (Wildman–Crippen MR) is 70.5 cm³/mol. The van der Waals surface area contributed by atoms with Gasteiger partial charge in [-0.25, -0.2) is 4.79 Å². The lowest BCUT2D eigenvalue weighted by atomic mass is 10.2. The summed E-state index contributed by atoms with van der Waals surface area (Å²) in [5, 5.41) is 1.36. The van der Waals surface area contributed by atoms with Crippen LogP contribution in [0.2, 0.25) is 5.02 Å². The fraction of sp³-hybridized carbons (Fsp3) is 0.182. The molecule has 1 heterocycles. The third-order valence-corrected chi connectivity index (χ3v) is 4.18. The van der Waals surface area contributed by atoms with Crippen LogP contribution in [-0.2, 0) is 4.74 Å². The molecule has 5 heteroatoms. The minimum atomic E-state index is -0.357. The van der Waals surface area contributed by atoms with E-state index in [-0.39, 0.29) is 5.97 Å². The van der Waals surface area contributed by atoms with E-state index < -0.39 is 0 Å². The minimum Gasteiger partial charge on any atom is -0.462 e. The Kier molecular flexibility index (Phi) is 3.52. The SMILES string of the molecule is CCOC(=O)c1sc2cc(Br)ccc2c1Cl. The highest BCUT2D eigenvalue weighted by molar-refractivity contribution is 9.10. The predicted octanol–water partition coefficient (Wildman–Crippen LogP) is 4.49. The van der Waals surface area contributed by atoms with E-state index in [0.29, 0.717) is 16.5 Å². The van der Waals surface area contributed by atoms with Crippen molar-refractivity contribution in [1.29, 1.82) is 0 Å². The van der Waals surface area contributed by atoms with Crippen LogP contribution in [0.1, 0.15) is 16.6 Å². The Bertz CT molecular complexity index is 550. The second-order valence-electron chi connectivity index (χ2n) is 3.11. The minimum absolute atomic E-state index is 0.354. The van der Waals surface area contributed by atoms with E-state index in [1.165, 1.54) is 11.3 Å². The lowest BCUT2D eigenvalue weighted by molar-refractivity contribution is 0.0532. The Labute approximate surface area is 110 Å². The molecular weight excluding hydrogens is 312 g/mol. The van der Waals surface area contributed by atoms with Crippen LogP contribution in [-0.4, -0.2) is 12.6 Å². The second kappa shape index (κ2) is 4.73. The Balaban J connectivity index is 2.55. The smallest absolute Gasteiger partial charge is 0.349 e. The van der Waals surface area contributed by atoms with Crippen molar-refractivity contribution in [2.24, 2.45) is 0 Å². The fourth-order valence-electron chi connectivity index (χ4n) is 1.37. The van der Waals surface area contributed by atoms with Crippen LogP contribution in [0.4, 0.5) is 0 Å². The maximum atomic E-state index is 11.6. The van der Waals surface area contributed by atoms with Crippen molar-refractivity contribution in [3.63, 3.8) is 0 Å². The summed E-state index contributed by atoms with van der Waals surface area (Å²) in [7, 11) is 0. The standard InChI is InChI=1S/C11H8BrClO2S/c1-2-15-11(14)10-9(13)7-4-3-6(12)5-8(7)16-10/h3-5H,2H2,1H3. The van der Waals surface area contributed by atoms with Gasteiger partial charge in [0.2, 0.25) is 0 Å². The Morgan fingerprint density at radius 3 is 3.00 bits per heavy atom. The normalized spacial score (nSPS) is 10.7.